The van der Waals surface area contributed by atoms with Gasteiger partial charge in [0.2, 0.25) is 5.91 Å². The van der Waals surface area contributed by atoms with Crippen LogP contribution in [0.2, 0.25) is 10.0 Å². The molecule has 0 radical (unpaired) electrons. The van der Waals surface area contributed by atoms with Crippen LogP contribution < -0.4 is 10.3 Å². The van der Waals surface area contributed by atoms with Crippen molar-refractivity contribution in [2.75, 3.05) is 64.4 Å². The van der Waals surface area contributed by atoms with Crippen LogP contribution in [0.3, 0.4) is 0 Å². The van der Waals surface area contributed by atoms with Crippen molar-refractivity contribution in [2.45, 2.75) is 19.8 Å². The molecule has 1 unspecified atom stereocenters. The summed E-state index contributed by atoms with van der Waals surface area (Å²) in [4.78, 5) is 23.0. The van der Waals surface area contributed by atoms with Crippen molar-refractivity contribution < 1.29 is 28.5 Å². The normalized spacial score (nSPS) is 15.5. The fraction of sp³-hybridized carbons (Fsp3) is 0.591. The first-order chi connectivity index (χ1) is 16.4. The summed E-state index contributed by atoms with van der Waals surface area (Å²) in [6, 6.07) is 5.31. The van der Waals surface area contributed by atoms with Crippen molar-refractivity contribution in [3.05, 3.63) is 28.2 Å². The molecule has 1 N–H and O–H groups in total. The monoisotopic (exact) mass is 629 g/mol. The zero-order chi connectivity index (χ0) is 24.8. The predicted octanol–water partition coefficient (Wildman–Crippen LogP) is 3.69. The van der Waals surface area contributed by atoms with E-state index in [9.17, 15) is 9.59 Å². The third-order valence-electron chi connectivity index (χ3n) is 4.64. The minimum atomic E-state index is -0.152. The van der Waals surface area contributed by atoms with E-state index in [0.29, 0.717) is 81.7 Å². The number of carbonyl (C=O) groups is 2. The molecule has 0 aromatic heterocycles. The van der Waals surface area contributed by atoms with Crippen LogP contribution in [-0.4, -0.2) is 74.9 Å². The lowest BCUT2D eigenvalue weighted by Crippen LogP contribution is -2.34. The first-order valence-electron chi connectivity index (χ1n) is 11.0. The van der Waals surface area contributed by atoms with Gasteiger partial charge in [0, 0.05) is 12.3 Å². The second-order valence-electron chi connectivity index (χ2n) is 7.42. The molecule has 0 aliphatic carbocycles. The van der Waals surface area contributed by atoms with E-state index in [-0.39, 0.29) is 22.0 Å². The SMILES string of the molecule is CC1CN(c2ccc(Cl)c(Cl)c2)N=C1NC(=O)CCOCCOCCOCCOCCC(=O)I. The molecule has 0 spiro atoms. The Labute approximate surface area is 223 Å². The van der Waals surface area contributed by atoms with Gasteiger partial charge in [-0.2, -0.15) is 5.10 Å². The number of hydrazone groups is 1. The molecule has 0 saturated carbocycles. The number of halogens is 3. The molecule has 190 valence electrons. The average molecular weight is 630 g/mol. The predicted molar refractivity (Wildman–Crippen MR) is 140 cm³/mol. The topological polar surface area (TPSA) is 98.7 Å². The van der Waals surface area contributed by atoms with E-state index in [1.54, 1.807) is 39.7 Å². The summed E-state index contributed by atoms with van der Waals surface area (Å²) >= 11 is 13.8. The minimum Gasteiger partial charge on any atom is -0.379 e. The summed E-state index contributed by atoms with van der Waals surface area (Å²) in [5, 5.41) is 10.1. The lowest BCUT2D eigenvalue weighted by Gasteiger charge is -2.14. The maximum atomic E-state index is 12.2. The Morgan fingerprint density at radius 2 is 1.53 bits per heavy atom. The van der Waals surface area contributed by atoms with E-state index >= 15 is 0 Å². The number of nitrogens with one attached hydrogen (secondary N) is 1. The van der Waals surface area contributed by atoms with E-state index in [0.717, 1.165) is 5.69 Å². The molecule has 0 saturated heterocycles. The zero-order valence-corrected chi connectivity index (χ0v) is 22.7. The lowest BCUT2D eigenvalue weighted by atomic mass is 10.1. The molecule has 12 heteroatoms. The molecule has 1 amide bonds. The van der Waals surface area contributed by atoms with Gasteiger partial charge in [-0.15, -0.1) is 0 Å². The van der Waals surface area contributed by atoms with Crippen molar-refractivity contribution in [3.63, 3.8) is 0 Å². The van der Waals surface area contributed by atoms with Gasteiger partial charge in [0.05, 0.1) is 81.6 Å². The zero-order valence-electron chi connectivity index (χ0n) is 19.1. The van der Waals surface area contributed by atoms with Crippen LogP contribution in [0.4, 0.5) is 5.69 Å². The van der Waals surface area contributed by atoms with Crippen molar-refractivity contribution in [1.82, 2.24) is 5.32 Å². The number of carbonyl (C=O) groups excluding carboxylic acids is 2. The Hall–Kier alpha value is -1.02. The van der Waals surface area contributed by atoms with Gasteiger partial charge in [0.15, 0.2) is 3.79 Å². The molecule has 0 fully saturated rings. The van der Waals surface area contributed by atoms with Crippen LogP contribution in [0.15, 0.2) is 23.3 Å². The van der Waals surface area contributed by atoms with Crippen LogP contribution in [0.5, 0.6) is 0 Å². The summed E-state index contributed by atoms with van der Waals surface area (Å²) in [6.45, 7) is 5.97. The number of ether oxygens (including phenoxy) is 4. The van der Waals surface area contributed by atoms with Gasteiger partial charge >= 0.3 is 0 Å². The van der Waals surface area contributed by atoms with Crippen molar-refractivity contribution in [1.29, 1.82) is 0 Å². The Kier molecular flexibility index (Phi) is 14.3. The van der Waals surface area contributed by atoms with Gasteiger partial charge in [-0.3, -0.25) is 14.6 Å². The first-order valence-corrected chi connectivity index (χ1v) is 12.8. The van der Waals surface area contributed by atoms with Gasteiger partial charge in [0.1, 0.15) is 5.84 Å². The van der Waals surface area contributed by atoms with Gasteiger partial charge in [-0.25, -0.2) is 0 Å². The molecule has 1 aromatic rings. The summed E-state index contributed by atoms with van der Waals surface area (Å²) in [5.41, 5.74) is 0.817. The fourth-order valence-corrected chi connectivity index (χ4v) is 3.37. The van der Waals surface area contributed by atoms with Crippen LogP contribution in [0, 0.1) is 5.92 Å². The van der Waals surface area contributed by atoms with Crippen LogP contribution >= 0.6 is 45.8 Å². The number of benzene rings is 1. The number of anilines is 1. The summed E-state index contributed by atoms with van der Waals surface area (Å²) < 4.78 is 21.6. The summed E-state index contributed by atoms with van der Waals surface area (Å²) in [7, 11) is 0. The molecule has 1 aromatic carbocycles. The van der Waals surface area contributed by atoms with Crippen LogP contribution in [-0.2, 0) is 28.5 Å². The molecule has 1 atom stereocenters. The first kappa shape index (κ1) is 29.2. The molecular formula is C22H30Cl2IN3O6. The van der Waals surface area contributed by atoms with Gasteiger partial charge < -0.3 is 24.3 Å². The summed E-state index contributed by atoms with van der Waals surface area (Å²) in [6.07, 6.45) is 0.642. The number of hydrogen-bond donors (Lipinski definition) is 1. The van der Waals surface area contributed by atoms with Crippen molar-refractivity contribution >= 4 is 67.0 Å². The number of rotatable bonds is 16. The van der Waals surface area contributed by atoms with Gasteiger partial charge in [-0.05, 0) is 40.8 Å². The third kappa shape index (κ3) is 11.6. The standard InChI is InChI=1S/C22H30Cl2IN3O6/c1-16-15-28(17-2-3-18(23)19(24)14-17)27-22(16)26-21(30)5-7-32-9-11-34-13-12-33-10-8-31-6-4-20(25)29/h2-3,14,16H,4-13,15H2,1H3,(H,26,27,30). The smallest absolute Gasteiger partial charge is 0.227 e. The van der Waals surface area contributed by atoms with E-state index in [2.05, 4.69) is 10.4 Å². The maximum absolute atomic E-state index is 12.2. The van der Waals surface area contributed by atoms with Gasteiger partial charge in [0.25, 0.3) is 0 Å². The Balaban J connectivity index is 1.48. The number of nitrogens with zero attached hydrogens (tertiary/aromatic N) is 2. The van der Waals surface area contributed by atoms with Crippen LogP contribution in [0.1, 0.15) is 19.8 Å². The quantitative estimate of drug-likeness (QED) is 0.169. The fourth-order valence-electron chi connectivity index (χ4n) is 2.86. The molecule has 1 heterocycles. The highest BCUT2D eigenvalue weighted by molar-refractivity contribution is 14.1. The van der Waals surface area contributed by atoms with E-state index in [4.69, 9.17) is 42.1 Å². The van der Waals surface area contributed by atoms with E-state index < -0.39 is 0 Å². The average Bonchev–Trinajstić information content (AvgIpc) is 3.15. The molecule has 1 aliphatic rings. The number of amides is 1. The summed E-state index contributed by atoms with van der Waals surface area (Å²) in [5.74, 6) is 0.533. The second kappa shape index (κ2) is 16.6. The highest BCUT2D eigenvalue weighted by atomic mass is 127. The molecule has 34 heavy (non-hydrogen) atoms. The third-order valence-corrected chi connectivity index (χ3v) is 5.92. The number of amidine groups is 1. The molecule has 2 rings (SSSR count). The second-order valence-corrected chi connectivity index (χ2v) is 9.44. The molecule has 1 aliphatic heterocycles. The van der Waals surface area contributed by atoms with E-state index in [1.807, 2.05) is 13.0 Å². The van der Waals surface area contributed by atoms with Crippen LogP contribution in [0.25, 0.3) is 0 Å². The highest BCUT2D eigenvalue weighted by Crippen LogP contribution is 2.29. The molecular weight excluding hydrogens is 600 g/mol. The van der Waals surface area contributed by atoms with Crippen molar-refractivity contribution in [2.24, 2.45) is 11.0 Å². The molecule has 0 bridgehead atoms. The Morgan fingerprint density at radius 1 is 0.971 bits per heavy atom. The lowest BCUT2D eigenvalue weighted by molar-refractivity contribution is -0.121. The largest absolute Gasteiger partial charge is 0.379 e. The van der Waals surface area contributed by atoms with Crippen molar-refractivity contribution in [3.8, 4) is 0 Å². The van der Waals surface area contributed by atoms with E-state index in [1.165, 1.54) is 0 Å². The Morgan fingerprint density at radius 3 is 2.09 bits per heavy atom. The van der Waals surface area contributed by atoms with Gasteiger partial charge in [-0.1, -0.05) is 30.1 Å². The Bertz CT molecular complexity index is 830. The maximum Gasteiger partial charge on any atom is 0.227 e. The number of hydrogen-bond acceptors (Lipinski definition) is 8. The molecule has 9 nitrogen and oxygen atoms in total. The minimum absolute atomic E-state index is 0.0710. The highest BCUT2D eigenvalue weighted by Gasteiger charge is 2.25.